The highest BCUT2D eigenvalue weighted by Gasteiger charge is 2.30. The molecule has 0 saturated carbocycles. The lowest BCUT2D eigenvalue weighted by Crippen LogP contribution is -2.41. The number of nitro groups is 1. The van der Waals surface area contributed by atoms with Gasteiger partial charge in [0, 0.05) is 30.9 Å². The van der Waals surface area contributed by atoms with Crippen LogP contribution in [0.1, 0.15) is 5.56 Å². The number of nitrogens with two attached hydrogens (primary N) is 1. The summed E-state index contributed by atoms with van der Waals surface area (Å²) in [4.78, 5) is 26.9. The summed E-state index contributed by atoms with van der Waals surface area (Å²) >= 11 is 0. The standard InChI is InChI=1S/C19H20N4O4/c1-21(2)9-10-22-16-12-14(20)5-8-17(16)27-18(19(22)24)11-13-3-6-15(7-4-13)23(25)26/h3-8,11-12H,9-10,20H2,1-2H3/b18-11+. The van der Waals surface area contributed by atoms with E-state index >= 15 is 0 Å². The Morgan fingerprint density at radius 3 is 2.56 bits per heavy atom. The fourth-order valence-corrected chi connectivity index (χ4v) is 2.69. The monoisotopic (exact) mass is 368 g/mol. The van der Waals surface area contributed by atoms with Crippen LogP contribution >= 0.6 is 0 Å². The lowest BCUT2D eigenvalue weighted by atomic mass is 10.1. The van der Waals surface area contributed by atoms with E-state index in [0.29, 0.717) is 35.8 Å². The second-order valence-corrected chi connectivity index (χ2v) is 6.45. The normalized spacial score (nSPS) is 15.0. The van der Waals surface area contributed by atoms with Crippen LogP contribution in [0.2, 0.25) is 0 Å². The average molecular weight is 368 g/mol. The molecule has 8 heteroatoms. The van der Waals surface area contributed by atoms with E-state index in [9.17, 15) is 14.9 Å². The Morgan fingerprint density at radius 2 is 1.93 bits per heavy atom. The minimum Gasteiger partial charge on any atom is -0.449 e. The number of hydrogen-bond donors (Lipinski definition) is 1. The summed E-state index contributed by atoms with van der Waals surface area (Å²) in [6.45, 7) is 1.15. The summed E-state index contributed by atoms with van der Waals surface area (Å²) in [7, 11) is 3.86. The molecule has 1 aliphatic heterocycles. The maximum absolute atomic E-state index is 13.0. The van der Waals surface area contributed by atoms with Crippen LogP contribution in [0, 0.1) is 10.1 Å². The Hall–Kier alpha value is -3.39. The lowest BCUT2D eigenvalue weighted by Gasteiger charge is -2.31. The maximum atomic E-state index is 13.0. The third-order valence-corrected chi connectivity index (χ3v) is 4.12. The molecule has 1 aliphatic rings. The van der Waals surface area contributed by atoms with E-state index in [0.717, 1.165) is 0 Å². The van der Waals surface area contributed by atoms with Crippen molar-refractivity contribution in [2.45, 2.75) is 0 Å². The van der Waals surface area contributed by atoms with Crippen LogP contribution < -0.4 is 15.4 Å². The van der Waals surface area contributed by atoms with E-state index in [1.165, 1.54) is 12.1 Å². The molecule has 0 radical (unpaired) electrons. The molecule has 0 spiro atoms. The maximum Gasteiger partial charge on any atom is 0.294 e. The average Bonchev–Trinajstić information content (AvgIpc) is 2.62. The van der Waals surface area contributed by atoms with E-state index in [4.69, 9.17) is 10.5 Å². The summed E-state index contributed by atoms with van der Waals surface area (Å²) < 4.78 is 5.78. The molecule has 0 aromatic heterocycles. The van der Waals surface area contributed by atoms with Gasteiger partial charge < -0.3 is 20.3 Å². The van der Waals surface area contributed by atoms with Gasteiger partial charge in [0.1, 0.15) is 0 Å². The molecule has 2 aromatic carbocycles. The molecule has 140 valence electrons. The van der Waals surface area contributed by atoms with E-state index in [2.05, 4.69) is 0 Å². The number of amides is 1. The van der Waals surface area contributed by atoms with E-state index < -0.39 is 4.92 Å². The van der Waals surface area contributed by atoms with Gasteiger partial charge in [0.2, 0.25) is 0 Å². The first kappa shape index (κ1) is 18.4. The molecule has 27 heavy (non-hydrogen) atoms. The number of non-ortho nitro benzene ring substituents is 1. The highest BCUT2D eigenvalue weighted by Crippen LogP contribution is 2.37. The van der Waals surface area contributed by atoms with E-state index in [-0.39, 0.29) is 17.4 Å². The van der Waals surface area contributed by atoms with Crippen molar-refractivity contribution < 1.29 is 14.5 Å². The predicted octanol–water partition coefficient (Wildman–Crippen LogP) is 2.51. The van der Waals surface area contributed by atoms with Crippen molar-refractivity contribution in [3.05, 3.63) is 63.9 Å². The lowest BCUT2D eigenvalue weighted by molar-refractivity contribution is -0.384. The fraction of sp³-hybridized carbons (Fsp3) is 0.211. The quantitative estimate of drug-likeness (QED) is 0.376. The van der Waals surface area contributed by atoms with Crippen LogP contribution in [0.3, 0.4) is 0 Å². The van der Waals surface area contributed by atoms with Gasteiger partial charge in [0.15, 0.2) is 11.5 Å². The summed E-state index contributed by atoms with van der Waals surface area (Å²) in [5.74, 6) is 0.406. The van der Waals surface area contributed by atoms with Gasteiger partial charge in [-0.3, -0.25) is 14.9 Å². The van der Waals surface area contributed by atoms with Crippen molar-refractivity contribution >= 4 is 29.0 Å². The third kappa shape index (κ3) is 4.06. The summed E-state index contributed by atoms with van der Waals surface area (Å²) in [5, 5.41) is 10.8. The number of ether oxygens (including phenoxy) is 1. The van der Waals surface area contributed by atoms with Crippen LogP contribution in [0.4, 0.5) is 17.1 Å². The molecule has 1 heterocycles. The number of hydrogen-bond acceptors (Lipinski definition) is 6. The molecule has 3 rings (SSSR count). The highest BCUT2D eigenvalue weighted by atomic mass is 16.6. The number of carbonyl (C=O) groups is 1. The number of likely N-dealkylation sites (N-methyl/N-ethyl adjacent to an activating group) is 1. The van der Waals surface area contributed by atoms with Gasteiger partial charge in [0.25, 0.3) is 11.6 Å². The zero-order valence-electron chi connectivity index (χ0n) is 15.1. The van der Waals surface area contributed by atoms with E-state index in [1.807, 2.05) is 19.0 Å². The molecule has 0 saturated heterocycles. The topological polar surface area (TPSA) is 102 Å². The third-order valence-electron chi connectivity index (χ3n) is 4.12. The zero-order chi connectivity index (χ0) is 19.6. The number of benzene rings is 2. The smallest absolute Gasteiger partial charge is 0.294 e. The molecule has 8 nitrogen and oxygen atoms in total. The van der Waals surface area contributed by atoms with Gasteiger partial charge >= 0.3 is 0 Å². The van der Waals surface area contributed by atoms with Crippen LogP contribution in [0.25, 0.3) is 6.08 Å². The second-order valence-electron chi connectivity index (χ2n) is 6.45. The highest BCUT2D eigenvalue weighted by molar-refractivity contribution is 6.10. The largest absolute Gasteiger partial charge is 0.449 e. The first-order valence-electron chi connectivity index (χ1n) is 8.35. The number of nitro benzene ring substituents is 1. The molecule has 0 aliphatic carbocycles. The van der Waals surface area contributed by atoms with Crippen molar-refractivity contribution in [2.75, 3.05) is 37.8 Å². The van der Waals surface area contributed by atoms with Gasteiger partial charge in [-0.05, 0) is 56.1 Å². The van der Waals surface area contributed by atoms with Crippen LogP contribution in [-0.4, -0.2) is 42.9 Å². The minimum atomic E-state index is -0.469. The Kier molecular flexibility index (Phi) is 5.09. The number of anilines is 2. The Labute approximate surface area is 156 Å². The number of carbonyl (C=O) groups excluding carboxylic acids is 1. The van der Waals surface area contributed by atoms with Crippen molar-refractivity contribution in [3.63, 3.8) is 0 Å². The molecule has 0 atom stereocenters. The van der Waals surface area contributed by atoms with Gasteiger partial charge in [-0.2, -0.15) is 0 Å². The molecule has 2 N–H and O–H groups in total. The Morgan fingerprint density at radius 1 is 1.22 bits per heavy atom. The van der Waals surface area contributed by atoms with Gasteiger partial charge in [-0.15, -0.1) is 0 Å². The van der Waals surface area contributed by atoms with Crippen LogP contribution in [-0.2, 0) is 4.79 Å². The number of nitrogens with zero attached hydrogens (tertiary/aromatic N) is 3. The number of fused-ring (bicyclic) bond motifs is 1. The first-order chi connectivity index (χ1) is 12.8. The molecule has 1 amide bonds. The summed E-state index contributed by atoms with van der Waals surface area (Å²) in [5.41, 5.74) is 7.66. The molecule has 0 bridgehead atoms. The number of nitrogen functional groups attached to an aromatic ring is 1. The van der Waals surface area contributed by atoms with Crippen LogP contribution in [0.5, 0.6) is 5.75 Å². The SMILES string of the molecule is CN(C)CCN1C(=O)/C(=C\c2ccc([N+](=O)[O-])cc2)Oc2ccc(N)cc21. The van der Waals surface area contributed by atoms with Crippen molar-refractivity contribution in [1.29, 1.82) is 0 Å². The first-order valence-corrected chi connectivity index (χ1v) is 8.35. The van der Waals surface area contributed by atoms with Gasteiger partial charge in [0.05, 0.1) is 10.6 Å². The van der Waals surface area contributed by atoms with Gasteiger partial charge in [-0.1, -0.05) is 0 Å². The van der Waals surface area contributed by atoms with E-state index in [1.54, 1.807) is 41.3 Å². The van der Waals surface area contributed by atoms with Gasteiger partial charge in [-0.25, -0.2) is 0 Å². The summed E-state index contributed by atoms with van der Waals surface area (Å²) in [6, 6.07) is 11.1. The predicted molar refractivity (Wildman–Crippen MR) is 103 cm³/mol. The van der Waals surface area contributed by atoms with Crippen LogP contribution in [0.15, 0.2) is 48.2 Å². The Bertz CT molecular complexity index is 906. The Balaban J connectivity index is 1.95. The second kappa shape index (κ2) is 7.46. The minimum absolute atomic E-state index is 0.0125. The molecular formula is C19H20N4O4. The zero-order valence-corrected chi connectivity index (χ0v) is 15.1. The molecule has 2 aromatic rings. The molecule has 0 unspecified atom stereocenters. The van der Waals surface area contributed by atoms with Crippen molar-refractivity contribution in [2.24, 2.45) is 0 Å². The molecular weight excluding hydrogens is 348 g/mol. The fourth-order valence-electron chi connectivity index (χ4n) is 2.69. The van der Waals surface area contributed by atoms with Crippen molar-refractivity contribution in [3.8, 4) is 5.75 Å². The summed E-state index contributed by atoms with van der Waals surface area (Å²) in [6.07, 6.45) is 1.58. The number of rotatable bonds is 5. The molecule has 0 fully saturated rings. The van der Waals surface area contributed by atoms with Crippen molar-refractivity contribution in [1.82, 2.24) is 4.90 Å².